The third-order valence-electron chi connectivity index (χ3n) is 3.71. The van der Waals surface area contributed by atoms with Crippen molar-refractivity contribution in [3.05, 3.63) is 35.9 Å². The van der Waals surface area contributed by atoms with Crippen molar-refractivity contribution < 1.29 is 15.6 Å². The number of nitrogens with zero attached hydrogens (tertiary/aromatic N) is 3. The van der Waals surface area contributed by atoms with Crippen LogP contribution in [0.25, 0.3) is 0 Å². The predicted octanol–water partition coefficient (Wildman–Crippen LogP) is 2.00. The van der Waals surface area contributed by atoms with Gasteiger partial charge in [-0.15, -0.1) is 10.3 Å². The Bertz CT molecular complexity index is 539. The van der Waals surface area contributed by atoms with Crippen molar-refractivity contribution in [2.24, 2.45) is 10.3 Å². The summed E-state index contributed by atoms with van der Waals surface area (Å²) >= 11 is 0. The molecule has 0 bridgehead atoms. The van der Waals surface area contributed by atoms with Crippen molar-refractivity contribution in [1.29, 1.82) is 0 Å². The van der Waals surface area contributed by atoms with E-state index in [-0.39, 0.29) is 11.4 Å². The van der Waals surface area contributed by atoms with Crippen LogP contribution in [0.15, 0.2) is 40.6 Å². The van der Waals surface area contributed by atoms with E-state index in [2.05, 4.69) is 10.3 Å². The largest absolute Gasteiger partial charge is 0.411 e. The van der Waals surface area contributed by atoms with Gasteiger partial charge in [-0.2, -0.15) is 0 Å². The van der Waals surface area contributed by atoms with Crippen molar-refractivity contribution in [3.8, 4) is 0 Å². The van der Waals surface area contributed by atoms with Gasteiger partial charge < -0.3 is 10.4 Å². The number of hydroxylamine groups is 2. The van der Waals surface area contributed by atoms with Gasteiger partial charge in [0, 0.05) is 0 Å². The van der Waals surface area contributed by atoms with Crippen LogP contribution < -0.4 is 0 Å². The van der Waals surface area contributed by atoms with Gasteiger partial charge in [-0.25, -0.2) is 0 Å². The molecular weight excluding hydrogens is 246 g/mol. The Morgan fingerprint density at radius 3 is 2.00 bits per heavy atom. The summed E-state index contributed by atoms with van der Waals surface area (Å²) < 4.78 is 0. The van der Waals surface area contributed by atoms with E-state index in [1.165, 1.54) is 0 Å². The molecule has 0 aliphatic carbocycles. The number of rotatable bonds is 1. The SMILES string of the molecule is CC1(C)C(=N/O)/C(=N\O)C(C)(c2ccccc2)N1[O]. The number of oxime groups is 2. The lowest BCUT2D eigenvalue weighted by Crippen LogP contribution is -2.47. The van der Waals surface area contributed by atoms with Crippen LogP contribution in [0, 0.1) is 0 Å². The van der Waals surface area contributed by atoms with Crippen molar-refractivity contribution in [2.45, 2.75) is 31.8 Å². The maximum Gasteiger partial charge on any atom is 0.133 e. The van der Waals surface area contributed by atoms with E-state index in [0.717, 1.165) is 5.06 Å². The summed E-state index contributed by atoms with van der Waals surface area (Å²) in [5, 5.41) is 38.1. The lowest BCUT2D eigenvalue weighted by atomic mass is 9.87. The van der Waals surface area contributed by atoms with Crippen molar-refractivity contribution in [3.63, 3.8) is 0 Å². The zero-order valence-electron chi connectivity index (χ0n) is 11.0. The lowest BCUT2D eigenvalue weighted by Gasteiger charge is -2.33. The molecule has 1 aliphatic heterocycles. The zero-order chi connectivity index (χ0) is 14.3. The molecule has 0 saturated carbocycles. The third kappa shape index (κ3) is 1.64. The van der Waals surface area contributed by atoms with Crippen LogP contribution in [0.4, 0.5) is 0 Å². The van der Waals surface area contributed by atoms with Gasteiger partial charge in [0.1, 0.15) is 17.0 Å². The summed E-state index contributed by atoms with van der Waals surface area (Å²) in [5.41, 5.74) is -1.48. The van der Waals surface area contributed by atoms with Crippen LogP contribution in [0.3, 0.4) is 0 Å². The molecule has 6 nitrogen and oxygen atoms in total. The van der Waals surface area contributed by atoms with Crippen LogP contribution in [0.1, 0.15) is 26.3 Å². The van der Waals surface area contributed by atoms with Gasteiger partial charge in [0.15, 0.2) is 0 Å². The molecule has 0 amide bonds. The van der Waals surface area contributed by atoms with Crippen LogP contribution in [-0.2, 0) is 10.7 Å². The van der Waals surface area contributed by atoms with Gasteiger partial charge in [-0.1, -0.05) is 40.6 Å². The molecule has 6 heteroatoms. The summed E-state index contributed by atoms with van der Waals surface area (Å²) in [6.07, 6.45) is 0. The Morgan fingerprint density at radius 2 is 1.53 bits per heavy atom. The molecule has 0 aromatic heterocycles. The first-order valence-electron chi connectivity index (χ1n) is 5.89. The fraction of sp³-hybridized carbons (Fsp3) is 0.385. The molecule has 19 heavy (non-hydrogen) atoms. The minimum atomic E-state index is -1.19. The summed E-state index contributed by atoms with van der Waals surface area (Å²) in [7, 11) is 0. The van der Waals surface area contributed by atoms with Crippen LogP contribution in [0.5, 0.6) is 0 Å². The highest BCUT2D eigenvalue weighted by Crippen LogP contribution is 2.42. The standard InChI is InChI=1S/C13H16N3O3/c1-12(2)10(14-17)11(15-18)13(3,16(12)19)9-7-5-4-6-8-9/h4-8,17-18H,1-3H3/b14-10+,15-11+. The molecule has 1 aromatic rings. The normalized spacial score (nSPS) is 31.2. The highest BCUT2D eigenvalue weighted by Gasteiger charge is 2.59. The Hall–Kier alpha value is -1.92. The first-order valence-corrected chi connectivity index (χ1v) is 5.89. The second kappa shape index (κ2) is 4.32. The van der Waals surface area contributed by atoms with Gasteiger partial charge in [0.05, 0.1) is 5.54 Å². The highest BCUT2D eigenvalue weighted by molar-refractivity contribution is 6.49. The van der Waals surface area contributed by atoms with Crippen LogP contribution in [0.2, 0.25) is 0 Å². The quantitative estimate of drug-likeness (QED) is 0.599. The van der Waals surface area contributed by atoms with Crippen molar-refractivity contribution >= 4 is 11.4 Å². The van der Waals surface area contributed by atoms with Gasteiger partial charge in [-0.3, -0.25) is 0 Å². The average Bonchev–Trinajstić information content (AvgIpc) is 2.57. The van der Waals surface area contributed by atoms with E-state index in [9.17, 15) is 10.4 Å². The zero-order valence-corrected chi connectivity index (χ0v) is 11.0. The third-order valence-corrected chi connectivity index (χ3v) is 3.71. The topological polar surface area (TPSA) is 88.3 Å². The molecule has 1 unspecified atom stereocenters. The maximum atomic E-state index is 12.6. The minimum absolute atomic E-state index is 0.0567. The maximum absolute atomic E-state index is 12.6. The summed E-state index contributed by atoms with van der Waals surface area (Å²) in [6.45, 7) is 4.88. The summed E-state index contributed by atoms with van der Waals surface area (Å²) in [4.78, 5) is 0. The molecule has 101 valence electrons. The minimum Gasteiger partial charge on any atom is -0.411 e. The first-order chi connectivity index (χ1) is 8.90. The highest BCUT2D eigenvalue weighted by atomic mass is 16.5. The molecule has 1 radical (unpaired) electrons. The van der Waals surface area contributed by atoms with Gasteiger partial charge >= 0.3 is 0 Å². The van der Waals surface area contributed by atoms with E-state index >= 15 is 0 Å². The van der Waals surface area contributed by atoms with E-state index in [0.29, 0.717) is 5.56 Å². The predicted molar refractivity (Wildman–Crippen MR) is 68.8 cm³/mol. The summed E-state index contributed by atoms with van der Waals surface area (Å²) in [6, 6.07) is 8.97. The molecule has 0 spiro atoms. The first kappa shape index (κ1) is 13.5. The molecule has 1 atom stereocenters. The second-order valence-electron chi connectivity index (χ2n) is 5.19. The van der Waals surface area contributed by atoms with Crippen LogP contribution in [-0.4, -0.2) is 32.4 Å². The van der Waals surface area contributed by atoms with E-state index < -0.39 is 11.1 Å². The van der Waals surface area contributed by atoms with E-state index in [1.807, 2.05) is 6.07 Å². The second-order valence-corrected chi connectivity index (χ2v) is 5.19. The van der Waals surface area contributed by atoms with Crippen molar-refractivity contribution in [1.82, 2.24) is 5.06 Å². The Kier molecular flexibility index (Phi) is 3.07. The molecular formula is C13H16N3O3. The molecule has 2 rings (SSSR count). The number of hydrogen-bond donors (Lipinski definition) is 2. The molecule has 1 aliphatic rings. The average molecular weight is 262 g/mol. The molecule has 2 N–H and O–H groups in total. The molecule has 1 fully saturated rings. The van der Waals surface area contributed by atoms with Gasteiger partial charge in [0.2, 0.25) is 0 Å². The Balaban J connectivity index is 2.70. The van der Waals surface area contributed by atoms with Crippen LogP contribution >= 0.6 is 0 Å². The number of benzene rings is 1. The van der Waals surface area contributed by atoms with Gasteiger partial charge in [0.25, 0.3) is 0 Å². The lowest BCUT2D eigenvalue weighted by molar-refractivity contribution is -0.234. The summed E-state index contributed by atoms with van der Waals surface area (Å²) in [5.74, 6) is 0. The number of hydrogen-bond acceptors (Lipinski definition) is 5. The van der Waals surface area contributed by atoms with Gasteiger partial charge in [-0.05, 0) is 26.3 Å². The smallest absolute Gasteiger partial charge is 0.133 e. The fourth-order valence-electron chi connectivity index (χ4n) is 2.60. The Morgan fingerprint density at radius 1 is 1.00 bits per heavy atom. The van der Waals surface area contributed by atoms with E-state index in [4.69, 9.17) is 5.21 Å². The monoisotopic (exact) mass is 262 g/mol. The van der Waals surface area contributed by atoms with E-state index in [1.54, 1.807) is 45.0 Å². The van der Waals surface area contributed by atoms with Crippen molar-refractivity contribution in [2.75, 3.05) is 0 Å². The molecule has 1 heterocycles. The Labute approximate surface area is 111 Å². The molecule has 1 saturated heterocycles. The fourth-order valence-corrected chi connectivity index (χ4v) is 2.60. The molecule has 1 aromatic carbocycles.